The van der Waals surface area contributed by atoms with Gasteiger partial charge in [0.15, 0.2) is 0 Å². The van der Waals surface area contributed by atoms with Crippen LogP contribution in [0.4, 0.5) is 5.69 Å². The molecule has 1 aromatic carbocycles. The summed E-state index contributed by atoms with van der Waals surface area (Å²) in [5.74, 6) is -0.947. The number of carbonyl (C=O) groups excluding carboxylic acids is 1. The predicted molar refractivity (Wildman–Crippen MR) is 69.9 cm³/mol. The van der Waals surface area contributed by atoms with Gasteiger partial charge in [0.05, 0.1) is 22.5 Å². The van der Waals surface area contributed by atoms with Crippen LogP contribution in [-0.2, 0) is 14.8 Å². The molecule has 0 atom stereocenters. The lowest BCUT2D eigenvalue weighted by atomic mass is 10.2. The van der Waals surface area contributed by atoms with Gasteiger partial charge in [0.1, 0.15) is 0 Å². The van der Waals surface area contributed by atoms with Gasteiger partial charge in [-0.1, -0.05) is 6.92 Å². The minimum absolute atomic E-state index is 0.194. The lowest BCUT2D eigenvalue weighted by molar-refractivity contribution is -0.384. The number of benzene rings is 1. The standard InChI is InChI=1S/C11H14N2O6S/c1-4-12(2)20(17,18)10-6-5-8(13(15)16)7-9(10)11(14)19-3/h5-7H,4H2,1-3H3. The number of methoxy groups -OCH3 is 1. The fraction of sp³-hybridized carbons (Fsp3) is 0.364. The van der Waals surface area contributed by atoms with Gasteiger partial charge in [-0.2, -0.15) is 0 Å². The van der Waals surface area contributed by atoms with Crippen molar-refractivity contribution in [2.24, 2.45) is 0 Å². The summed E-state index contributed by atoms with van der Waals surface area (Å²) in [4.78, 5) is 21.3. The first kappa shape index (κ1) is 16.1. The van der Waals surface area contributed by atoms with Crippen LogP contribution in [0.2, 0.25) is 0 Å². The summed E-state index contributed by atoms with van der Waals surface area (Å²) in [5, 5.41) is 10.7. The quantitative estimate of drug-likeness (QED) is 0.456. The first-order valence-corrected chi connectivity index (χ1v) is 7.02. The maximum absolute atomic E-state index is 12.2. The van der Waals surface area contributed by atoms with E-state index in [1.807, 2.05) is 0 Å². The zero-order valence-electron chi connectivity index (χ0n) is 11.2. The van der Waals surface area contributed by atoms with E-state index in [0.717, 1.165) is 29.6 Å². The van der Waals surface area contributed by atoms with E-state index in [9.17, 15) is 23.3 Å². The molecule has 0 amide bonds. The van der Waals surface area contributed by atoms with Crippen LogP contribution in [0.5, 0.6) is 0 Å². The predicted octanol–water partition coefficient (Wildman–Crippen LogP) is 1.02. The highest BCUT2D eigenvalue weighted by atomic mass is 32.2. The fourth-order valence-corrected chi connectivity index (χ4v) is 2.80. The number of sulfonamides is 1. The van der Waals surface area contributed by atoms with E-state index in [-0.39, 0.29) is 22.7 Å². The smallest absolute Gasteiger partial charge is 0.339 e. The topological polar surface area (TPSA) is 107 Å². The van der Waals surface area contributed by atoms with Crippen molar-refractivity contribution in [3.63, 3.8) is 0 Å². The summed E-state index contributed by atoms with van der Waals surface area (Å²) in [6.07, 6.45) is 0. The van der Waals surface area contributed by atoms with Crippen molar-refractivity contribution in [2.75, 3.05) is 20.7 Å². The highest BCUT2D eigenvalue weighted by Crippen LogP contribution is 2.24. The Balaban J connectivity index is 3.55. The molecule has 0 bridgehead atoms. The van der Waals surface area contributed by atoms with Crippen LogP contribution in [0.15, 0.2) is 23.1 Å². The third-order valence-corrected chi connectivity index (χ3v) is 4.70. The molecule has 0 aliphatic heterocycles. The number of non-ortho nitro benzene ring substituents is 1. The molecule has 0 aromatic heterocycles. The highest BCUT2D eigenvalue weighted by Gasteiger charge is 2.28. The van der Waals surface area contributed by atoms with E-state index in [1.165, 1.54) is 7.05 Å². The monoisotopic (exact) mass is 302 g/mol. The Hall–Kier alpha value is -2.00. The lowest BCUT2D eigenvalue weighted by Gasteiger charge is -2.16. The maximum atomic E-state index is 12.2. The zero-order valence-corrected chi connectivity index (χ0v) is 12.0. The van der Waals surface area contributed by atoms with Crippen LogP contribution in [0.25, 0.3) is 0 Å². The molecular formula is C11H14N2O6S. The van der Waals surface area contributed by atoms with E-state index in [1.54, 1.807) is 6.92 Å². The first-order valence-electron chi connectivity index (χ1n) is 5.58. The largest absolute Gasteiger partial charge is 0.465 e. The van der Waals surface area contributed by atoms with Gasteiger partial charge in [-0.25, -0.2) is 17.5 Å². The zero-order chi connectivity index (χ0) is 15.5. The lowest BCUT2D eigenvalue weighted by Crippen LogP contribution is -2.28. The Morgan fingerprint density at radius 2 is 2.05 bits per heavy atom. The second kappa shape index (κ2) is 5.97. The van der Waals surface area contributed by atoms with Gasteiger partial charge in [-0.05, 0) is 6.07 Å². The molecule has 0 radical (unpaired) electrons. The summed E-state index contributed by atoms with van der Waals surface area (Å²) in [5.41, 5.74) is -0.745. The molecule has 0 unspecified atom stereocenters. The van der Waals surface area contributed by atoms with E-state index < -0.39 is 20.9 Å². The number of rotatable bonds is 5. The first-order chi connectivity index (χ1) is 9.25. The SMILES string of the molecule is CCN(C)S(=O)(=O)c1ccc([N+](=O)[O-])cc1C(=O)OC. The summed E-state index contributed by atoms with van der Waals surface area (Å²) in [6.45, 7) is 1.82. The van der Waals surface area contributed by atoms with Crippen molar-refractivity contribution in [2.45, 2.75) is 11.8 Å². The number of esters is 1. The second-order valence-corrected chi connectivity index (χ2v) is 5.86. The number of nitro benzene ring substituents is 1. The van der Waals surface area contributed by atoms with Gasteiger partial charge in [0.2, 0.25) is 10.0 Å². The van der Waals surface area contributed by atoms with Crippen molar-refractivity contribution >= 4 is 21.7 Å². The maximum Gasteiger partial charge on any atom is 0.339 e. The van der Waals surface area contributed by atoms with Gasteiger partial charge < -0.3 is 4.74 Å². The number of nitro groups is 1. The minimum atomic E-state index is -3.91. The van der Waals surface area contributed by atoms with E-state index in [4.69, 9.17) is 0 Å². The molecule has 0 N–H and O–H groups in total. The Labute approximate surface area is 116 Å². The summed E-state index contributed by atoms with van der Waals surface area (Å²) < 4.78 is 30.0. The van der Waals surface area contributed by atoms with Crippen molar-refractivity contribution < 1.29 is 22.9 Å². The molecule has 0 spiro atoms. The molecule has 110 valence electrons. The van der Waals surface area contributed by atoms with Crippen LogP contribution in [0, 0.1) is 10.1 Å². The van der Waals surface area contributed by atoms with Crippen LogP contribution in [0.1, 0.15) is 17.3 Å². The van der Waals surface area contributed by atoms with E-state index >= 15 is 0 Å². The van der Waals surface area contributed by atoms with E-state index in [2.05, 4.69) is 4.74 Å². The Morgan fingerprint density at radius 1 is 1.45 bits per heavy atom. The molecule has 0 saturated heterocycles. The number of nitrogens with zero attached hydrogens (tertiary/aromatic N) is 2. The molecule has 0 aliphatic carbocycles. The van der Waals surface area contributed by atoms with Crippen LogP contribution >= 0.6 is 0 Å². The van der Waals surface area contributed by atoms with Gasteiger partial charge in [0.25, 0.3) is 5.69 Å². The van der Waals surface area contributed by atoms with Gasteiger partial charge >= 0.3 is 5.97 Å². The summed E-state index contributed by atoms with van der Waals surface area (Å²) in [6, 6.07) is 2.96. The minimum Gasteiger partial charge on any atom is -0.465 e. The molecule has 1 aromatic rings. The Bertz CT molecular complexity index is 640. The van der Waals surface area contributed by atoms with Gasteiger partial charge in [0, 0.05) is 25.7 Å². The molecule has 0 aliphatic rings. The van der Waals surface area contributed by atoms with Crippen molar-refractivity contribution in [1.82, 2.24) is 4.31 Å². The third kappa shape index (κ3) is 2.94. The van der Waals surface area contributed by atoms with E-state index in [0.29, 0.717) is 0 Å². The molecular weight excluding hydrogens is 288 g/mol. The normalized spacial score (nSPS) is 11.4. The summed E-state index contributed by atoms with van der Waals surface area (Å²) in [7, 11) is -1.49. The van der Waals surface area contributed by atoms with Gasteiger partial charge in [-0.15, -0.1) is 0 Å². The average Bonchev–Trinajstić information content (AvgIpc) is 2.44. The molecule has 20 heavy (non-hydrogen) atoms. The highest BCUT2D eigenvalue weighted by molar-refractivity contribution is 7.89. The Kier molecular flexibility index (Phi) is 4.79. The molecule has 8 nitrogen and oxygen atoms in total. The number of hydrogen-bond donors (Lipinski definition) is 0. The fourth-order valence-electron chi connectivity index (χ4n) is 1.46. The molecule has 9 heteroatoms. The number of ether oxygens (including phenoxy) is 1. The molecule has 0 saturated carbocycles. The number of carbonyl (C=O) groups is 1. The van der Waals surface area contributed by atoms with Crippen LogP contribution in [-0.4, -0.2) is 44.3 Å². The van der Waals surface area contributed by atoms with Crippen molar-refractivity contribution in [3.05, 3.63) is 33.9 Å². The van der Waals surface area contributed by atoms with Gasteiger partial charge in [-0.3, -0.25) is 10.1 Å². The molecule has 0 fully saturated rings. The average molecular weight is 302 g/mol. The summed E-state index contributed by atoms with van der Waals surface area (Å²) >= 11 is 0. The van der Waals surface area contributed by atoms with Crippen LogP contribution < -0.4 is 0 Å². The number of hydrogen-bond acceptors (Lipinski definition) is 6. The van der Waals surface area contributed by atoms with Crippen molar-refractivity contribution in [3.8, 4) is 0 Å². The van der Waals surface area contributed by atoms with Crippen LogP contribution in [0.3, 0.4) is 0 Å². The third-order valence-electron chi connectivity index (χ3n) is 2.71. The van der Waals surface area contributed by atoms with Crippen molar-refractivity contribution in [1.29, 1.82) is 0 Å². The molecule has 0 heterocycles. The Morgan fingerprint density at radius 3 is 2.50 bits per heavy atom. The second-order valence-electron chi connectivity index (χ2n) is 3.85. The molecule has 1 rings (SSSR count).